The van der Waals surface area contributed by atoms with Crippen LogP contribution in [0.25, 0.3) is 0 Å². The van der Waals surface area contributed by atoms with Gasteiger partial charge in [0.2, 0.25) is 5.95 Å². The summed E-state index contributed by atoms with van der Waals surface area (Å²) in [7, 11) is 0. The molecule has 0 amide bonds. The second-order valence-electron chi connectivity index (χ2n) is 5.49. The molecule has 0 aliphatic heterocycles. The Morgan fingerprint density at radius 1 is 1.32 bits per heavy atom. The van der Waals surface area contributed by atoms with E-state index >= 15 is 0 Å². The molecule has 1 saturated carbocycles. The molecular weight excluding hydrogens is 236 g/mol. The van der Waals surface area contributed by atoms with Crippen molar-refractivity contribution in [3.05, 3.63) is 12.4 Å². The highest BCUT2D eigenvalue weighted by Gasteiger charge is 2.22. The molecule has 2 rings (SSSR count). The number of imidazole rings is 1. The van der Waals surface area contributed by atoms with Gasteiger partial charge in [0.05, 0.1) is 0 Å². The highest BCUT2D eigenvalue weighted by atomic mass is 15.3. The molecule has 4 heteroatoms. The molecule has 1 aliphatic rings. The first kappa shape index (κ1) is 14.4. The zero-order valence-electron chi connectivity index (χ0n) is 12.2. The van der Waals surface area contributed by atoms with Gasteiger partial charge in [-0.05, 0) is 32.7 Å². The zero-order valence-corrected chi connectivity index (χ0v) is 12.2. The number of nitrogens with zero attached hydrogens (tertiary/aromatic N) is 3. The monoisotopic (exact) mass is 264 g/mol. The first-order valence-electron chi connectivity index (χ1n) is 7.84. The minimum atomic E-state index is 0.654. The Morgan fingerprint density at radius 2 is 2.05 bits per heavy atom. The largest absolute Gasteiger partial charge is 0.339 e. The molecule has 19 heavy (non-hydrogen) atoms. The Kier molecular flexibility index (Phi) is 5.70. The molecule has 0 bridgehead atoms. The van der Waals surface area contributed by atoms with E-state index in [4.69, 9.17) is 5.73 Å². The summed E-state index contributed by atoms with van der Waals surface area (Å²) in [6, 6.07) is 0.654. The lowest BCUT2D eigenvalue weighted by molar-refractivity contribution is 0.502. The van der Waals surface area contributed by atoms with Crippen molar-refractivity contribution in [1.82, 2.24) is 9.55 Å². The van der Waals surface area contributed by atoms with Gasteiger partial charge >= 0.3 is 0 Å². The van der Waals surface area contributed by atoms with Crippen LogP contribution in [-0.2, 0) is 6.54 Å². The van der Waals surface area contributed by atoms with Gasteiger partial charge in [-0.3, -0.25) is 0 Å². The fraction of sp³-hybridized carbons (Fsp3) is 0.800. The second-order valence-corrected chi connectivity index (χ2v) is 5.49. The zero-order chi connectivity index (χ0) is 13.5. The van der Waals surface area contributed by atoms with Crippen molar-refractivity contribution in [2.45, 2.75) is 64.5 Å². The Bertz CT molecular complexity index is 353. The van der Waals surface area contributed by atoms with E-state index in [9.17, 15) is 0 Å². The van der Waals surface area contributed by atoms with Crippen LogP contribution in [0.5, 0.6) is 0 Å². The van der Waals surface area contributed by atoms with Gasteiger partial charge in [-0.2, -0.15) is 0 Å². The SMILES string of the molecule is CCn1ccnc1N(CCCN)C1CCCCCC1. The molecule has 4 nitrogen and oxygen atoms in total. The highest BCUT2D eigenvalue weighted by Crippen LogP contribution is 2.26. The average Bonchev–Trinajstić information content (AvgIpc) is 2.74. The summed E-state index contributed by atoms with van der Waals surface area (Å²) in [6.07, 6.45) is 13.2. The molecule has 1 heterocycles. The predicted molar refractivity (Wildman–Crippen MR) is 80.4 cm³/mol. The molecule has 1 aromatic heterocycles. The van der Waals surface area contributed by atoms with Crippen LogP contribution in [0.4, 0.5) is 5.95 Å². The van der Waals surface area contributed by atoms with Crippen LogP contribution >= 0.6 is 0 Å². The summed E-state index contributed by atoms with van der Waals surface area (Å²) >= 11 is 0. The standard InChI is InChI=1S/C15H28N4/c1-2-18-13-11-17-15(18)19(12-7-10-16)14-8-5-3-4-6-9-14/h11,13-14H,2-10,12,16H2,1H3. The number of anilines is 1. The quantitative estimate of drug-likeness (QED) is 0.804. The average molecular weight is 264 g/mol. The van der Waals surface area contributed by atoms with E-state index < -0.39 is 0 Å². The van der Waals surface area contributed by atoms with Crippen LogP contribution in [0, 0.1) is 0 Å². The Hall–Kier alpha value is -1.03. The van der Waals surface area contributed by atoms with E-state index in [1.807, 2.05) is 6.20 Å². The topological polar surface area (TPSA) is 47.1 Å². The number of nitrogens with two attached hydrogens (primary N) is 1. The van der Waals surface area contributed by atoms with Crippen molar-refractivity contribution in [2.24, 2.45) is 5.73 Å². The summed E-state index contributed by atoms with van der Waals surface area (Å²) in [5.41, 5.74) is 5.71. The summed E-state index contributed by atoms with van der Waals surface area (Å²) in [6.45, 7) is 4.97. The number of hydrogen-bond donors (Lipinski definition) is 1. The third-order valence-electron chi connectivity index (χ3n) is 4.16. The molecule has 1 aliphatic carbocycles. The summed E-state index contributed by atoms with van der Waals surface area (Å²) in [4.78, 5) is 7.11. The molecule has 0 spiro atoms. The normalized spacial score (nSPS) is 17.4. The lowest BCUT2D eigenvalue weighted by atomic mass is 10.1. The van der Waals surface area contributed by atoms with E-state index in [1.54, 1.807) is 0 Å². The van der Waals surface area contributed by atoms with E-state index in [-0.39, 0.29) is 0 Å². The van der Waals surface area contributed by atoms with E-state index in [1.165, 1.54) is 38.5 Å². The van der Waals surface area contributed by atoms with Gasteiger partial charge in [0.15, 0.2) is 0 Å². The van der Waals surface area contributed by atoms with Crippen molar-refractivity contribution in [3.8, 4) is 0 Å². The first-order valence-corrected chi connectivity index (χ1v) is 7.84. The molecule has 0 radical (unpaired) electrons. The smallest absolute Gasteiger partial charge is 0.205 e. The molecule has 108 valence electrons. The van der Waals surface area contributed by atoms with Crippen molar-refractivity contribution in [1.29, 1.82) is 0 Å². The Morgan fingerprint density at radius 3 is 2.68 bits per heavy atom. The van der Waals surface area contributed by atoms with Crippen LogP contribution in [0.3, 0.4) is 0 Å². The molecule has 0 atom stereocenters. The molecule has 0 saturated heterocycles. The van der Waals surface area contributed by atoms with Crippen molar-refractivity contribution < 1.29 is 0 Å². The minimum absolute atomic E-state index is 0.654. The van der Waals surface area contributed by atoms with Gasteiger partial charge in [0.1, 0.15) is 0 Å². The number of hydrogen-bond acceptors (Lipinski definition) is 3. The van der Waals surface area contributed by atoms with Crippen molar-refractivity contribution >= 4 is 5.95 Å². The lowest BCUT2D eigenvalue weighted by Gasteiger charge is -2.32. The number of aromatic nitrogens is 2. The molecule has 1 aromatic rings. The third kappa shape index (κ3) is 3.72. The maximum absolute atomic E-state index is 5.71. The first-order chi connectivity index (χ1) is 9.36. The van der Waals surface area contributed by atoms with Gasteiger partial charge in [-0.25, -0.2) is 4.98 Å². The fourth-order valence-corrected chi connectivity index (χ4v) is 3.08. The molecule has 1 fully saturated rings. The van der Waals surface area contributed by atoms with Crippen LogP contribution in [0.15, 0.2) is 12.4 Å². The summed E-state index contributed by atoms with van der Waals surface area (Å²) in [5, 5.41) is 0. The van der Waals surface area contributed by atoms with Crippen molar-refractivity contribution in [3.63, 3.8) is 0 Å². The fourth-order valence-electron chi connectivity index (χ4n) is 3.08. The predicted octanol–water partition coefficient (Wildman–Crippen LogP) is 2.78. The molecule has 0 aromatic carbocycles. The van der Waals surface area contributed by atoms with Crippen molar-refractivity contribution in [2.75, 3.05) is 18.0 Å². The van der Waals surface area contributed by atoms with Gasteiger partial charge in [0.25, 0.3) is 0 Å². The third-order valence-corrected chi connectivity index (χ3v) is 4.16. The van der Waals surface area contributed by atoms with Crippen LogP contribution in [-0.4, -0.2) is 28.7 Å². The second kappa shape index (κ2) is 7.53. The molecule has 0 unspecified atom stereocenters. The van der Waals surface area contributed by atoms with Crippen LogP contribution in [0.1, 0.15) is 51.9 Å². The summed E-state index contributed by atoms with van der Waals surface area (Å²) in [5.74, 6) is 1.14. The van der Waals surface area contributed by atoms with Gasteiger partial charge in [-0.15, -0.1) is 0 Å². The molecule has 2 N–H and O–H groups in total. The van der Waals surface area contributed by atoms with Crippen LogP contribution < -0.4 is 10.6 Å². The van der Waals surface area contributed by atoms with Gasteiger partial charge < -0.3 is 15.2 Å². The highest BCUT2D eigenvalue weighted by molar-refractivity contribution is 5.33. The van der Waals surface area contributed by atoms with Gasteiger partial charge in [-0.1, -0.05) is 25.7 Å². The number of aryl methyl sites for hydroxylation is 1. The Labute approximate surface area is 117 Å². The van der Waals surface area contributed by atoms with E-state index in [0.717, 1.165) is 32.0 Å². The lowest BCUT2D eigenvalue weighted by Crippen LogP contribution is -2.38. The minimum Gasteiger partial charge on any atom is -0.339 e. The van der Waals surface area contributed by atoms with E-state index in [0.29, 0.717) is 6.04 Å². The maximum atomic E-state index is 5.71. The molecular formula is C15H28N4. The maximum Gasteiger partial charge on any atom is 0.205 e. The van der Waals surface area contributed by atoms with Gasteiger partial charge in [0, 0.05) is 31.5 Å². The summed E-state index contributed by atoms with van der Waals surface area (Å²) < 4.78 is 2.25. The van der Waals surface area contributed by atoms with Crippen LogP contribution in [0.2, 0.25) is 0 Å². The van der Waals surface area contributed by atoms with E-state index in [2.05, 4.69) is 27.6 Å². The number of rotatable bonds is 6. The Balaban J connectivity index is 2.14.